The smallest absolute Gasteiger partial charge is 0.337 e. The number of piperidine rings is 1. The number of esters is 1. The number of aryl methyl sites for hydroxylation is 2. The van der Waals surface area contributed by atoms with Crippen molar-refractivity contribution in [1.82, 2.24) is 19.1 Å². The lowest BCUT2D eigenvalue weighted by molar-refractivity contribution is 0.0600. The van der Waals surface area contributed by atoms with Gasteiger partial charge in [-0.15, -0.1) is 10.2 Å². The molecule has 1 unspecified atom stereocenters. The quantitative estimate of drug-likeness (QED) is 0.748. The topological polar surface area (TPSA) is 94.4 Å². The summed E-state index contributed by atoms with van der Waals surface area (Å²) in [5.41, 5.74) is 0.855. The Balaban J connectivity index is 1.88. The highest BCUT2D eigenvalue weighted by Gasteiger charge is 2.33. The number of ether oxygens (including phenoxy) is 1. The highest BCUT2D eigenvalue weighted by molar-refractivity contribution is 7.89. The lowest BCUT2D eigenvalue weighted by atomic mass is 9.99. The van der Waals surface area contributed by atoms with E-state index in [4.69, 9.17) is 0 Å². The average molecular weight is 378 g/mol. The number of aromatic nitrogens is 3. The van der Waals surface area contributed by atoms with Crippen molar-refractivity contribution < 1.29 is 17.9 Å². The van der Waals surface area contributed by atoms with Crippen molar-refractivity contribution in [2.45, 2.75) is 30.6 Å². The second-order valence-corrected chi connectivity index (χ2v) is 8.38. The molecule has 1 fully saturated rings. The van der Waals surface area contributed by atoms with Gasteiger partial charge in [-0.1, -0.05) is 0 Å². The fourth-order valence-electron chi connectivity index (χ4n) is 3.36. The molecule has 1 aromatic carbocycles. The summed E-state index contributed by atoms with van der Waals surface area (Å²) in [5.74, 6) is 0.320. The number of rotatable bonds is 4. The summed E-state index contributed by atoms with van der Waals surface area (Å²) in [7, 11) is -0.501. The number of carbonyl (C=O) groups is 1. The van der Waals surface area contributed by atoms with Gasteiger partial charge in [0.2, 0.25) is 10.0 Å². The van der Waals surface area contributed by atoms with Gasteiger partial charge in [-0.05, 0) is 43.5 Å². The fourth-order valence-corrected chi connectivity index (χ4v) is 5.09. The Morgan fingerprint density at radius 3 is 2.73 bits per heavy atom. The first kappa shape index (κ1) is 18.5. The van der Waals surface area contributed by atoms with Gasteiger partial charge < -0.3 is 9.30 Å². The predicted octanol–water partition coefficient (Wildman–Crippen LogP) is 1.48. The number of nitrogens with zero attached hydrogens (tertiary/aromatic N) is 4. The zero-order valence-electron chi connectivity index (χ0n) is 15.0. The van der Waals surface area contributed by atoms with Crippen molar-refractivity contribution >= 4 is 16.0 Å². The predicted molar refractivity (Wildman–Crippen MR) is 94.3 cm³/mol. The Bertz CT molecular complexity index is 923. The van der Waals surface area contributed by atoms with E-state index >= 15 is 0 Å². The fraction of sp³-hybridized carbons (Fsp3) is 0.471. The van der Waals surface area contributed by atoms with Gasteiger partial charge in [0.1, 0.15) is 12.2 Å². The van der Waals surface area contributed by atoms with Gasteiger partial charge in [-0.2, -0.15) is 4.31 Å². The van der Waals surface area contributed by atoms with E-state index in [-0.39, 0.29) is 10.8 Å². The molecule has 9 heteroatoms. The van der Waals surface area contributed by atoms with Crippen LogP contribution < -0.4 is 0 Å². The van der Waals surface area contributed by atoms with Crippen LogP contribution in [0.1, 0.15) is 40.5 Å². The first-order valence-corrected chi connectivity index (χ1v) is 9.81. The largest absolute Gasteiger partial charge is 0.465 e. The molecular formula is C17H22N4O4S. The highest BCUT2D eigenvalue weighted by atomic mass is 32.2. The van der Waals surface area contributed by atoms with Gasteiger partial charge in [-0.3, -0.25) is 0 Å². The third-order valence-corrected chi connectivity index (χ3v) is 6.73. The Morgan fingerprint density at radius 1 is 1.35 bits per heavy atom. The molecule has 0 saturated carbocycles. The lowest BCUT2D eigenvalue weighted by Crippen LogP contribution is -2.40. The molecule has 0 N–H and O–H groups in total. The van der Waals surface area contributed by atoms with Crippen LogP contribution in [-0.2, 0) is 21.8 Å². The molecule has 0 amide bonds. The molecule has 3 rings (SSSR count). The number of carbonyl (C=O) groups excluding carboxylic acids is 1. The minimum Gasteiger partial charge on any atom is -0.465 e. The molecule has 26 heavy (non-hydrogen) atoms. The van der Waals surface area contributed by atoms with Crippen LogP contribution in [0.3, 0.4) is 0 Å². The number of hydrogen-bond donors (Lipinski definition) is 0. The summed E-state index contributed by atoms with van der Waals surface area (Å²) in [6, 6.07) is 4.50. The van der Waals surface area contributed by atoms with Crippen molar-refractivity contribution in [3.63, 3.8) is 0 Å². The van der Waals surface area contributed by atoms with Gasteiger partial charge in [0.05, 0.1) is 17.6 Å². The van der Waals surface area contributed by atoms with Crippen LogP contribution in [0, 0.1) is 6.92 Å². The van der Waals surface area contributed by atoms with Crippen molar-refractivity contribution in [2.24, 2.45) is 7.05 Å². The number of hydrogen-bond acceptors (Lipinski definition) is 6. The molecule has 2 heterocycles. The molecule has 2 aromatic rings. The second kappa shape index (κ2) is 7.16. The maximum absolute atomic E-state index is 13.1. The van der Waals surface area contributed by atoms with Crippen LogP contribution in [0.2, 0.25) is 0 Å². The van der Waals surface area contributed by atoms with E-state index in [1.165, 1.54) is 23.5 Å². The third kappa shape index (κ3) is 3.36. The third-order valence-electron chi connectivity index (χ3n) is 4.71. The van der Waals surface area contributed by atoms with Gasteiger partial charge in [-0.25, -0.2) is 13.2 Å². The van der Waals surface area contributed by atoms with Crippen molar-refractivity contribution in [1.29, 1.82) is 0 Å². The van der Waals surface area contributed by atoms with Crippen LogP contribution in [0.25, 0.3) is 0 Å². The molecule has 8 nitrogen and oxygen atoms in total. The molecule has 140 valence electrons. The van der Waals surface area contributed by atoms with Crippen LogP contribution in [-0.4, -0.2) is 53.7 Å². The Hall–Kier alpha value is -2.26. The van der Waals surface area contributed by atoms with E-state index in [9.17, 15) is 13.2 Å². The van der Waals surface area contributed by atoms with E-state index in [0.29, 0.717) is 24.2 Å². The van der Waals surface area contributed by atoms with E-state index < -0.39 is 16.0 Å². The highest BCUT2D eigenvalue weighted by Crippen LogP contribution is 2.30. The summed E-state index contributed by atoms with van der Waals surface area (Å²) in [4.78, 5) is 11.8. The van der Waals surface area contributed by atoms with Crippen LogP contribution >= 0.6 is 0 Å². The van der Waals surface area contributed by atoms with Crippen molar-refractivity contribution in [2.75, 3.05) is 20.2 Å². The molecule has 1 atom stereocenters. The normalized spacial score (nSPS) is 18.7. The monoisotopic (exact) mass is 378 g/mol. The van der Waals surface area contributed by atoms with Crippen molar-refractivity contribution in [3.8, 4) is 0 Å². The molecule has 0 aliphatic carbocycles. The summed E-state index contributed by atoms with van der Waals surface area (Å²) in [6.07, 6.45) is 3.26. The summed E-state index contributed by atoms with van der Waals surface area (Å²) in [6.45, 7) is 2.52. The molecule has 0 spiro atoms. The first-order chi connectivity index (χ1) is 12.3. The minimum absolute atomic E-state index is 0.0145. The van der Waals surface area contributed by atoms with E-state index in [1.54, 1.807) is 19.3 Å². The maximum atomic E-state index is 13.1. The Kier molecular flexibility index (Phi) is 5.10. The van der Waals surface area contributed by atoms with Gasteiger partial charge >= 0.3 is 5.97 Å². The molecule has 1 aliphatic heterocycles. The maximum Gasteiger partial charge on any atom is 0.337 e. The van der Waals surface area contributed by atoms with Gasteiger partial charge in [0, 0.05) is 26.1 Å². The molecular weight excluding hydrogens is 356 g/mol. The zero-order valence-corrected chi connectivity index (χ0v) is 15.9. The molecule has 1 saturated heterocycles. The summed E-state index contributed by atoms with van der Waals surface area (Å²) >= 11 is 0. The lowest BCUT2D eigenvalue weighted by Gasteiger charge is -2.31. The first-order valence-electron chi connectivity index (χ1n) is 8.37. The average Bonchev–Trinajstić information content (AvgIpc) is 3.06. The minimum atomic E-state index is -3.65. The zero-order chi connectivity index (χ0) is 18.9. The van der Waals surface area contributed by atoms with E-state index in [2.05, 4.69) is 14.9 Å². The second-order valence-electron chi connectivity index (χ2n) is 6.47. The SMILES string of the molecule is COC(=O)c1ccc(S(=O)(=O)N2CCCC(c3nncn3C)C2)c(C)c1. The van der Waals surface area contributed by atoms with Crippen LogP contribution in [0.15, 0.2) is 29.4 Å². The molecule has 0 radical (unpaired) electrons. The van der Waals surface area contributed by atoms with E-state index in [0.717, 1.165) is 18.7 Å². The molecule has 1 aromatic heterocycles. The molecule has 0 bridgehead atoms. The van der Waals surface area contributed by atoms with E-state index in [1.807, 2.05) is 11.6 Å². The van der Waals surface area contributed by atoms with Gasteiger partial charge in [0.25, 0.3) is 0 Å². The number of sulfonamides is 1. The van der Waals surface area contributed by atoms with Crippen LogP contribution in [0.4, 0.5) is 0 Å². The van der Waals surface area contributed by atoms with Crippen molar-refractivity contribution in [3.05, 3.63) is 41.5 Å². The standard InChI is InChI=1S/C17H22N4O4S/c1-12-9-13(17(22)25-3)6-7-15(12)26(23,24)21-8-4-5-14(10-21)16-19-18-11-20(16)2/h6-7,9,11,14H,4-5,8,10H2,1-3H3. The summed E-state index contributed by atoms with van der Waals surface area (Å²) in [5, 5.41) is 8.02. The summed E-state index contributed by atoms with van der Waals surface area (Å²) < 4.78 is 34.3. The Morgan fingerprint density at radius 2 is 2.12 bits per heavy atom. The Labute approximate surface area is 152 Å². The van der Waals surface area contributed by atoms with Crippen LogP contribution in [0.5, 0.6) is 0 Å². The molecule has 1 aliphatic rings. The number of benzene rings is 1. The van der Waals surface area contributed by atoms with Gasteiger partial charge in [0.15, 0.2) is 0 Å². The number of methoxy groups -OCH3 is 1.